The van der Waals surface area contributed by atoms with Crippen molar-refractivity contribution in [2.24, 2.45) is 0 Å². The summed E-state index contributed by atoms with van der Waals surface area (Å²) in [4.78, 5) is 24.7. The van der Waals surface area contributed by atoms with Crippen LogP contribution in [0.4, 0.5) is 0 Å². The molecule has 0 N–H and O–H groups in total. The summed E-state index contributed by atoms with van der Waals surface area (Å²) in [5.41, 5.74) is 3.12. The first-order valence-corrected chi connectivity index (χ1v) is 6.62. The van der Waals surface area contributed by atoms with Crippen molar-refractivity contribution in [3.8, 4) is 11.4 Å². The third kappa shape index (κ3) is 3.17. The van der Waals surface area contributed by atoms with Gasteiger partial charge in [0.05, 0.1) is 11.4 Å². The maximum absolute atomic E-state index is 12.1. The maximum Gasteiger partial charge on any atom is 0.168 e. The zero-order valence-electron chi connectivity index (χ0n) is 11.3. The SMILES string of the molecule is O=C(Cc1ccc(-c2ccccn2)nc1)c1cccnc1. The zero-order chi connectivity index (χ0) is 14.5. The van der Waals surface area contributed by atoms with Crippen LogP contribution in [0.1, 0.15) is 15.9 Å². The van der Waals surface area contributed by atoms with E-state index in [1.165, 1.54) is 0 Å². The highest BCUT2D eigenvalue weighted by atomic mass is 16.1. The quantitative estimate of drug-likeness (QED) is 0.687. The Kier molecular flexibility index (Phi) is 3.78. The summed E-state index contributed by atoms with van der Waals surface area (Å²) in [6.07, 6.45) is 7.01. The van der Waals surface area contributed by atoms with Gasteiger partial charge in [-0.15, -0.1) is 0 Å². The Bertz CT molecular complexity index is 725. The normalized spacial score (nSPS) is 10.3. The molecule has 0 bridgehead atoms. The molecule has 0 radical (unpaired) electrons. The van der Waals surface area contributed by atoms with E-state index in [2.05, 4.69) is 15.0 Å². The van der Waals surface area contributed by atoms with Crippen LogP contribution in [0.5, 0.6) is 0 Å². The number of aromatic nitrogens is 3. The van der Waals surface area contributed by atoms with Gasteiger partial charge in [0.15, 0.2) is 5.78 Å². The van der Waals surface area contributed by atoms with E-state index in [0.717, 1.165) is 17.0 Å². The van der Waals surface area contributed by atoms with Crippen LogP contribution in [-0.2, 0) is 6.42 Å². The summed E-state index contributed by atoms with van der Waals surface area (Å²) in [6.45, 7) is 0. The van der Waals surface area contributed by atoms with E-state index in [9.17, 15) is 4.79 Å². The maximum atomic E-state index is 12.1. The van der Waals surface area contributed by atoms with Crippen LogP contribution in [0.15, 0.2) is 67.3 Å². The molecule has 0 spiro atoms. The number of Topliss-reactive ketones (excluding diaryl/α,β-unsaturated/α-hetero) is 1. The van der Waals surface area contributed by atoms with Crippen LogP contribution in [0, 0.1) is 0 Å². The van der Waals surface area contributed by atoms with Crippen LogP contribution < -0.4 is 0 Å². The molecule has 3 aromatic rings. The Balaban J connectivity index is 1.75. The van der Waals surface area contributed by atoms with Crippen LogP contribution in [0.2, 0.25) is 0 Å². The highest BCUT2D eigenvalue weighted by Gasteiger charge is 2.08. The van der Waals surface area contributed by atoms with Crippen molar-refractivity contribution < 1.29 is 4.79 Å². The van der Waals surface area contributed by atoms with E-state index in [-0.39, 0.29) is 5.78 Å². The molecule has 0 aliphatic carbocycles. The number of hydrogen-bond donors (Lipinski definition) is 0. The number of ketones is 1. The topological polar surface area (TPSA) is 55.7 Å². The number of pyridine rings is 3. The molecule has 102 valence electrons. The summed E-state index contributed by atoms with van der Waals surface area (Å²) < 4.78 is 0. The van der Waals surface area contributed by atoms with Gasteiger partial charge in [0.25, 0.3) is 0 Å². The summed E-state index contributed by atoms with van der Waals surface area (Å²) in [6, 6.07) is 13.0. The fraction of sp³-hybridized carbons (Fsp3) is 0.0588. The molecule has 3 rings (SSSR count). The molecule has 0 amide bonds. The lowest BCUT2D eigenvalue weighted by molar-refractivity contribution is 0.0992. The first-order chi connectivity index (χ1) is 10.3. The van der Waals surface area contributed by atoms with Gasteiger partial charge in [-0.1, -0.05) is 12.1 Å². The van der Waals surface area contributed by atoms with Gasteiger partial charge in [-0.05, 0) is 35.9 Å². The first-order valence-electron chi connectivity index (χ1n) is 6.62. The lowest BCUT2D eigenvalue weighted by atomic mass is 10.1. The molecule has 4 nitrogen and oxygen atoms in total. The lowest BCUT2D eigenvalue weighted by Crippen LogP contribution is -2.04. The molecular weight excluding hydrogens is 262 g/mol. The zero-order valence-corrected chi connectivity index (χ0v) is 11.3. The average Bonchev–Trinajstić information content (AvgIpc) is 2.57. The standard InChI is InChI=1S/C17H13N3O/c21-17(14-4-3-8-18-12-14)10-13-6-7-16(20-11-13)15-5-1-2-9-19-15/h1-9,11-12H,10H2. The fourth-order valence-corrected chi connectivity index (χ4v) is 2.01. The molecule has 0 saturated carbocycles. The second-order valence-electron chi connectivity index (χ2n) is 4.61. The molecule has 4 heteroatoms. The summed E-state index contributed by atoms with van der Waals surface area (Å²) >= 11 is 0. The van der Waals surface area contributed by atoms with Gasteiger partial charge in [-0.2, -0.15) is 0 Å². The Morgan fingerprint density at radius 3 is 2.43 bits per heavy atom. The van der Waals surface area contributed by atoms with Crippen LogP contribution in [-0.4, -0.2) is 20.7 Å². The molecule has 3 aromatic heterocycles. The molecule has 0 aliphatic heterocycles. The molecule has 21 heavy (non-hydrogen) atoms. The molecule has 0 saturated heterocycles. The minimum atomic E-state index is 0.0375. The van der Waals surface area contributed by atoms with Crippen molar-refractivity contribution in [3.05, 3.63) is 78.4 Å². The van der Waals surface area contributed by atoms with Crippen molar-refractivity contribution in [3.63, 3.8) is 0 Å². The van der Waals surface area contributed by atoms with Crippen LogP contribution in [0.25, 0.3) is 11.4 Å². The molecule has 0 unspecified atom stereocenters. The highest BCUT2D eigenvalue weighted by molar-refractivity contribution is 5.97. The minimum Gasteiger partial charge on any atom is -0.294 e. The molecule has 0 aromatic carbocycles. The third-order valence-electron chi connectivity index (χ3n) is 3.10. The van der Waals surface area contributed by atoms with Crippen LogP contribution >= 0.6 is 0 Å². The predicted molar refractivity (Wildman–Crippen MR) is 79.7 cm³/mol. The van der Waals surface area contributed by atoms with E-state index in [4.69, 9.17) is 0 Å². The average molecular weight is 275 g/mol. The number of nitrogens with zero attached hydrogens (tertiary/aromatic N) is 3. The van der Waals surface area contributed by atoms with Crippen molar-refractivity contribution in [2.45, 2.75) is 6.42 Å². The van der Waals surface area contributed by atoms with E-state index < -0.39 is 0 Å². The van der Waals surface area contributed by atoms with E-state index in [1.807, 2.05) is 30.3 Å². The van der Waals surface area contributed by atoms with Gasteiger partial charge in [-0.25, -0.2) is 0 Å². The number of hydrogen-bond acceptors (Lipinski definition) is 4. The number of carbonyl (C=O) groups is 1. The summed E-state index contributed by atoms with van der Waals surface area (Å²) in [5, 5.41) is 0. The van der Waals surface area contributed by atoms with Crippen LogP contribution in [0.3, 0.4) is 0 Å². The first kappa shape index (κ1) is 13.1. The summed E-state index contributed by atoms with van der Waals surface area (Å²) in [5.74, 6) is 0.0375. The lowest BCUT2D eigenvalue weighted by Gasteiger charge is -2.03. The van der Waals surface area contributed by atoms with Gasteiger partial charge in [0.2, 0.25) is 0 Å². The molecular formula is C17H13N3O. The molecule has 3 heterocycles. The van der Waals surface area contributed by atoms with Crippen molar-refractivity contribution in [1.82, 2.24) is 15.0 Å². The second kappa shape index (κ2) is 6.05. The van der Waals surface area contributed by atoms with E-state index in [0.29, 0.717) is 12.0 Å². The molecule has 0 fully saturated rings. The predicted octanol–water partition coefficient (Wildman–Crippen LogP) is 2.96. The fourth-order valence-electron chi connectivity index (χ4n) is 2.01. The highest BCUT2D eigenvalue weighted by Crippen LogP contribution is 2.14. The monoisotopic (exact) mass is 275 g/mol. The Hall–Kier alpha value is -2.88. The van der Waals surface area contributed by atoms with Gasteiger partial charge < -0.3 is 0 Å². The van der Waals surface area contributed by atoms with Crippen molar-refractivity contribution in [2.75, 3.05) is 0 Å². The Labute approximate surface area is 122 Å². The number of rotatable bonds is 4. The van der Waals surface area contributed by atoms with Gasteiger partial charge >= 0.3 is 0 Å². The van der Waals surface area contributed by atoms with E-state index in [1.54, 1.807) is 36.9 Å². The molecule has 0 aliphatic rings. The Morgan fingerprint density at radius 2 is 1.76 bits per heavy atom. The number of carbonyl (C=O) groups excluding carboxylic acids is 1. The second-order valence-corrected chi connectivity index (χ2v) is 4.61. The third-order valence-corrected chi connectivity index (χ3v) is 3.10. The van der Waals surface area contributed by atoms with Gasteiger partial charge in [0.1, 0.15) is 0 Å². The van der Waals surface area contributed by atoms with Crippen molar-refractivity contribution in [1.29, 1.82) is 0 Å². The minimum absolute atomic E-state index is 0.0375. The van der Waals surface area contributed by atoms with E-state index >= 15 is 0 Å². The van der Waals surface area contributed by atoms with Gasteiger partial charge in [-0.3, -0.25) is 19.7 Å². The van der Waals surface area contributed by atoms with Gasteiger partial charge in [0, 0.05) is 36.8 Å². The van der Waals surface area contributed by atoms with Crippen molar-refractivity contribution >= 4 is 5.78 Å². The summed E-state index contributed by atoms with van der Waals surface area (Å²) in [7, 11) is 0. The molecule has 0 atom stereocenters. The Morgan fingerprint density at radius 1 is 0.857 bits per heavy atom. The smallest absolute Gasteiger partial charge is 0.168 e. The largest absolute Gasteiger partial charge is 0.294 e.